The maximum Gasteiger partial charge on any atom is 0.262 e. The van der Waals surface area contributed by atoms with E-state index in [4.69, 9.17) is 9.47 Å². The standard InChI is InChI=1S/C21H23FN2O4/c1-4-24-16-11-14(9-10-18(16)28-13-21(2,3)20(24)26)23-19(25)12-27-17-8-6-5-7-15(17)22/h5-11H,4,12-13H2,1-3H3,(H,23,25). The van der Waals surface area contributed by atoms with Gasteiger partial charge in [-0.25, -0.2) is 4.39 Å². The summed E-state index contributed by atoms with van der Waals surface area (Å²) in [6, 6.07) is 11.0. The number of hydrogen-bond donors (Lipinski definition) is 1. The first-order chi connectivity index (χ1) is 13.3. The van der Waals surface area contributed by atoms with E-state index in [0.29, 0.717) is 23.7 Å². The predicted octanol–water partition coefficient (Wildman–Crippen LogP) is 3.61. The number of halogens is 1. The Kier molecular flexibility index (Phi) is 5.53. The van der Waals surface area contributed by atoms with E-state index in [1.165, 1.54) is 12.1 Å². The zero-order valence-corrected chi connectivity index (χ0v) is 16.1. The molecule has 0 aromatic heterocycles. The summed E-state index contributed by atoms with van der Waals surface area (Å²) in [7, 11) is 0. The van der Waals surface area contributed by atoms with Crippen molar-refractivity contribution in [1.82, 2.24) is 0 Å². The Balaban J connectivity index is 1.74. The second kappa shape index (κ2) is 7.88. The second-order valence-corrected chi connectivity index (χ2v) is 7.17. The molecule has 0 spiro atoms. The van der Waals surface area contributed by atoms with E-state index in [1.54, 1.807) is 35.2 Å². The first kappa shape index (κ1) is 19.7. The molecule has 1 heterocycles. The van der Waals surface area contributed by atoms with Crippen LogP contribution in [0.15, 0.2) is 42.5 Å². The number of nitrogens with zero attached hydrogens (tertiary/aromatic N) is 1. The smallest absolute Gasteiger partial charge is 0.262 e. The summed E-state index contributed by atoms with van der Waals surface area (Å²) in [5.41, 5.74) is 0.452. The predicted molar refractivity (Wildman–Crippen MR) is 104 cm³/mol. The van der Waals surface area contributed by atoms with Gasteiger partial charge in [0, 0.05) is 12.2 Å². The molecule has 3 rings (SSSR count). The molecule has 0 bridgehead atoms. The molecule has 1 aliphatic rings. The van der Waals surface area contributed by atoms with Crippen molar-refractivity contribution in [3.8, 4) is 11.5 Å². The molecule has 2 aromatic carbocycles. The number of ether oxygens (including phenoxy) is 2. The number of benzene rings is 2. The van der Waals surface area contributed by atoms with Gasteiger partial charge in [0.1, 0.15) is 12.4 Å². The van der Waals surface area contributed by atoms with Gasteiger partial charge in [0.05, 0.1) is 11.1 Å². The van der Waals surface area contributed by atoms with Crippen molar-refractivity contribution in [2.45, 2.75) is 20.8 Å². The lowest BCUT2D eigenvalue weighted by atomic mass is 9.93. The summed E-state index contributed by atoms with van der Waals surface area (Å²) >= 11 is 0. The summed E-state index contributed by atoms with van der Waals surface area (Å²) < 4.78 is 24.6. The highest BCUT2D eigenvalue weighted by Crippen LogP contribution is 2.38. The van der Waals surface area contributed by atoms with Gasteiger partial charge in [-0.2, -0.15) is 0 Å². The van der Waals surface area contributed by atoms with Gasteiger partial charge in [0.25, 0.3) is 5.91 Å². The number of rotatable bonds is 5. The Morgan fingerprint density at radius 2 is 2.04 bits per heavy atom. The van der Waals surface area contributed by atoms with E-state index >= 15 is 0 Å². The highest BCUT2D eigenvalue weighted by molar-refractivity contribution is 6.00. The minimum Gasteiger partial charge on any atom is -0.490 e. The molecule has 0 radical (unpaired) electrons. The lowest BCUT2D eigenvalue weighted by Crippen LogP contribution is -2.42. The van der Waals surface area contributed by atoms with E-state index in [9.17, 15) is 14.0 Å². The first-order valence-corrected chi connectivity index (χ1v) is 9.08. The van der Waals surface area contributed by atoms with Crippen LogP contribution in [0, 0.1) is 11.2 Å². The lowest BCUT2D eigenvalue weighted by Gasteiger charge is -2.27. The minimum atomic E-state index is -0.647. The molecule has 2 amide bonds. The number of carbonyl (C=O) groups excluding carboxylic acids is 2. The fourth-order valence-electron chi connectivity index (χ4n) is 2.94. The van der Waals surface area contributed by atoms with Gasteiger partial charge in [-0.3, -0.25) is 9.59 Å². The molecule has 0 aliphatic carbocycles. The van der Waals surface area contributed by atoms with Crippen LogP contribution in [0.5, 0.6) is 11.5 Å². The minimum absolute atomic E-state index is 0.0120. The van der Waals surface area contributed by atoms with E-state index in [1.807, 2.05) is 20.8 Å². The third kappa shape index (κ3) is 4.08. The molecule has 7 heteroatoms. The summed E-state index contributed by atoms with van der Waals surface area (Å²) in [5, 5.41) is 2.70. The van der Waals surface area contributed by atoms with Gasteiger partial charge in [-0.15, -0.1) is 0 Å². The highest BCUT2D eigenvalue weighted by atomic mass is 19.1. The second-order valence-electron chi connectivity index (χ2n) is 7.17. The molecular formula is C21H23FN2O4. The third-order valence-electron chi connectivity index (χ3n) is 4.46. The fourth-order valence-corrected chi connectivity index (χ4v) is 2.94. The Hall–Kier alpha value is -3.09. The monoisotopic (exact) mass is 386 g/mol. The van der Waals surface area contributed by atoms with Gasteiger partial charge in [0.2, 0.25) is 5.91 Å². The number of carbonyl (C=O) groups is 2. The number of para-hydroxylation sites is 1. The average Bonchev–Trinajstić information content (AvgIpc) is 2.76. The summed E-state index contributed by atoms with van der Waals surface area (Å²) in [4.78, 5) is 26.6. The molecule has 0 unspecified atom stereocenters. The summed E-state index contributed by atoms with van der Waals surface area (Å²) in [6.07, 6.45) is 0. The van der Waals surface area contributed by atoms with Crippen molar-refractivity contribution in [3.05, 3.63) is 48.3 Å². The largest absolute Gasteiger partial charge is 0.490 e. The normalized spacial score (nSPS) is 15.3. The van der Waals surface area contributed by atoms with E-state index in [2.05, 4.69) is 5.32 Å². The fraction of sp³-hybridized carbons (Fsp3) is 0.333. The van der Waals surface area contributed by atoms with Gasteiger partial charge < -0.3 is 19.7 Å². The van der Waals surface area contributed by atoms with E-state index in [0.717, 1.165) is 0 Å². The molecule has 0 saturated heterocycles. The van der Waals surface area contributed by atoms with Crippen LogP contribution < -0.4 is 19.7 Å². The molecule has 0 saturated carbocycles. The Bertz CT molecular complexity index is 898. The van der Waals surface area contributed by atoms with Gasteiger partial charge in [0.15, 0.2) is 18.2 Å². The average molecular weight is 386 g/mol. The molecule has 28 heavy (non-hydrogen) atoms. The lowest BCUT2D eigenvalue weighted by molar-refractivity contribution is -0.127. The zero-order chi connectivity index (χ0) is 20.3. The molecule has 0 atom stereocenters. The first-order valence-electron chi connectivity index (χ1n) is 9.08. The topological polar surface area (TPSA) is 67.9 Å². The number of hydrogen-bond acceptors (Lipinski definition) is 4. The van der Waals surface area contributed by atoms with Crippen LogP contribution in [-0.4, -0.2) is 31.6 Å². The summed E-state index contributed by atoms with van der Waals surface area (Å²) in [6.45, 7) is 5.98. The van der Waals surface area contributed by atoms with Crippen molar-refractivity contribution in [2.24, 2.45) is 5.41 Å². The third-order valence-corrected chi connectivity index (χ3v) is 4.46. The Labute approximate surface area is 163 Å². The van der Waals surface area contributed by atoms with Crippen LogP contribution in [-0.2, 0) is 9.59 Å². The van der Waals surface area contributed by atoms with Crippen LogP contribution in [0.1, 0.15) is 20.8 Å². The van der Waals surface area contributed by atoms with Gasteiger partial charge in [-0.05, 0) is 51.1 Å². The quantitative estimate of drug-likeness (QED) is 0.852. The molecular weight excluding hydrogens is 363 g/mol. The number of amides is 2. The molecule has 148 valence electrons. The van der Waals surface area contributed by atoms with Crippen molar-refractivity contribution < 1.29 is 23.5 Å². The maximum absolute atomic E-state index is 13.6. The Morgan fingerprint density at radius 3 is 2.75 bits per heavy atom. The van der Waals surface area contributed by atoms with Crippen LogP contribution in [0.2, 0.25) is 0 Å². The van der Waals surface area contributed by atoms with Gasteiger partial charge >= 0.3 is 0 Å². The van der Waals surface area contributed by atoms with Crippen LogP contribution >= 0.6 is 0 Å². The molecule has 1 N–H and O–H groups in total. The van der Waals surface area contributed by atoms with Crippen molar-refractivity contribution >= 4 is 23.2 Å². The van der Waals surface area contributed by atoms with E-state index < -0.39 is 17.1 Å². The number of anilines is 2. The molecule has 2 aromatic rings. The number of nitrogens with one attached hydrogen (secondary N) is 1. The van der Waals surface area contributed by atoms with Gasteiger partial charge in [-0.1, -0.05) is 12.1 Å². The number of fused-ring (bicyclic) bond motifs is 1. The molecule has 6 nitrogen and oxygen atoms in total. The van der Waals surface area contributed by atoms with Crippen molar-refractivity contribution in [3.63, 3.8) is 0 Å². The maximum atomic E-state index is 13.6. The van der Waals surface area contributed by atoms with Crippen molar-refractivity contribution in [1.29, 1.82) is 0 Å². The zero-order valence-electron chi connectivity index (χ0n) is 16.1. The SMILES string of the molecule is CCN1C(=O)C(C)(C)COc2ccc(NC(=O)COc3ccccc3F)cc21. The van der Waals surface area contributed by atoms with E-state index in [-0.39, 0.29) is 24.9 Å². The van der Waals surface area contributed by atoms with Crippen LogP contribution in [0.25, 0.3) is 0 Å². The molecule has 1 aliphatic heterocycles. The Morgan fingerprint density at radius 1 is 1.29 bits per heavy atom. The highest BCUT2D eigenvalue weighted by Gasteiger charge is 2.37. The van der Waals surface area contributed by atoms with Crippen molar-refractivity contribution in [2.75, 3.05) is 30.0 Å². The summed E-state index contributed by atoms with van der Waals surface area (Å²) in [5.74, 6) is -0.413. The van der Waals surface area contributed by atoms with Crippen LogP contribution in [0.3, 0.4) is 0 Å². The molecule has 0 fully saturated rings. The van der Waals surface area contributed by atoms with Crippen LogP contribution in [0.4, 0.5) is 15.8 Å².